The number of aryl methyl sites for hydroxylation is 1. The molecule has 7 heteroatoms. The molecule has 0 saturated heterocycles. The second-order valence-corrected chi connectivity index (χ2v) is 8.55. The minimum atomic E-state index is -3.44. The summed E-state index contributed by atoms with van der Waals surface area (Å²) in [6.45, 7) is 6.83. The third kappa shape index (κ3) is 4.23. The van der Waals surface area contributed by atoms with Gasteiger partial charge in [0.2, 0.25) is 10.0 Å². The molecule has 0 aliphatic heterocycles. The van der Waals surface area contributed by atoms with Gasteiger partial charge in [-0.3, -0.25) is 4.79 Å². The van der Waals surface area contributed by atoms with E-state index < -0.39 is 10.0 Å². The third-order valence-corrected chi connectivity index (χ3v) is 6.75. The topological polar surface area (TPSA) is 66.5 Å². The molecule has 0 unspecified atom stereocenters. The van der Waals surface area contributed by atoms with Gasteiger partial charge < -0.3 is 5.32 Å². The molecule has 0 aliphatic carbocycles. The summed E-state index contributed by atoms with van der Waals surface area (Å²) in [6, 6.07) is 10.4. The quantitative estimate of drug-likeness (QED) is 0.819. The van der Waals surface area contributed by atoms with E-state index in [1.807, 2.05) is 26.8 Å². The lowest BCUT2D eigenvalue weighted by molar-refractivity contribution is 0.0955. The van der Waals surface area contributed by atoms with Crippen molar-refractivity contribution in [2.45, 2.75) is 32.2 Å². The van der Waals surface area contributed by atoms with Crippen LogP contribution in [0.2, 0.25) is 0 Å². The molecule has 0 radical (unpaired) electrons. The summed E-state index contributed by atoms with van der Waals surface area (Å²) >= 11 is 1.45. The molecule has 1 aromatic heterocycles. The van der Waals surface area contributed by atoms with Gasteiger partial charge in [0.1, 0.15) is 0 Å². The molecule has 24 heavy (non-hydrogen) atoms. The molecular formula is C17H22N2O3S2. The number of rotatable bonds is 7. The molecule has 0 spiro atoms. The number of thiophene rings is 1. The van der Waals surface area contributed by atoms with E-state index in [0.717, 1.165) is 10.4 Å². The minimum Gasteiger partial charge on any atom is -0.347 e. The van der Waals surface area contributed by atoms with E-state index in [1.54, 1.807) is 30.3 Å². The zero-order valence-corrected chi connectivity index (χ0v) is 15.7. The number of nitrogens with one attached hydrogen (secondary N) is 1. The van der Waals surface area contributed by atoms with Crippen LogP contribution in [0.5, 0.6) is 0 Å². The van der Waals surface area contributed by atoms with Gasteiger partial charge in [0.25, 0.3) is 5.91 Å². The fourth-order valence-corrected chi connectivity index (χ4v) is 4.56. The van der Waals surface area contributed by atoms with Crippen LogP contribution in [0.1, 0.15) is 34.0 Å². The van der Waals surface area contributed by atoms with Crippen molar-refractivity contribution in [2.75, 3.05) is 13.1 Å². The second kappa shape index (κ2) is 7.92. The number of nitrogens with zero attached hydrogens (tertiary/aromatic N) is 1. The van der Waals surface area contributed by atoms with Gasteiger partial charge in [-0.15, -0.1) is 11.3 Å². The number of sulfonamides is 1. The zero-order valence-electron chi connectivity index (χ0n) is 14.1. The van der Waals surface area contributed by atoms with Crippen LogP contribution in [0, 0.1) is 6.92 Å². The van der Waals surface area contributed by atoms with Gasteiger partial charge in [0.15, 0.2) is 0 Å². The van der Waals surface area contributed by atoms with Crippen molar-refractivity contribution in [3.05, 3.63) is 51.7 Å². The predicted octanol–water partition coefficient (Wildman–Crippen LogP) is 3.02. The first-order valence-electron chi connectivity index (χ1n) is 7.82. The van der Waals surface area contributed by atoms with Crippen molar-refractivity contribution in [3.8, 4) is 0 Å². The lowest BCUT2D eigenvalue weighted by Crippen LogP contribution is -2.30. The maximum Gasteiger partial charge on any atom is 0.261 e. The molecule has 1 amide bonds. The molecule has 0 saturated carbocycles. The Morgan fingerprint density at radius 3 is 2.21 bits per heavy atom. The second-order valence-electron chi connectivity index (χ2n) is 5.33. The van der Waals surface area contributed by atoms with Crippen LogP contribution in [0.15, 0.2) is 41.3 Å². The first-order chi connectivity index (χ1) is 11.4. The van der Waals surface area contributed by atoms with Gasteiger partial charge in [-0.1, -0.05) is 26.0 Å². The predicted molar refractivity (Wildman–Crippen MR) is 96.8 cm³/mol. The summed E-state index contributed by atoms with van der Waals surface area (Å²) in [6.07, 6.45) is 0. The lowest BCUT2D eigenvalue weighted by Gasteiger charge is -2.18. The van der Waals surface area contributed by atoms with Crippen LogP contribution < -0.4 is 5.32 Å². The lowest BCUT2D eigenvalue weighted by atomic mass is 10.2. The minimum absolute atomic E-state index is 0.118. The number of amides is 1. The molecule has 0 atom stereocenters. The number of carbonyl (C=O) groups is 1. The van der Waals surface area contributed by atoms with E-state index in [9.17, 15) is 13.2 Å². The highest BCUT2D eigenvalue weighted by Gasteiger charge is 2.21. The fraction of sp³-hybridized carbons (Fsp3) is 0.353. The maximum atomic E-state index is 12.4. The smallest absolute Gasteiger partial charge is 0.261 e. The number of carbonyl (C=O) groups excluding carboxylic acids is 1. The summed E-state index contributed by atoms with van der Waals surface area (Å²) < 4.78 is 26.3. The monoisotopic (exact) mass is 366 g/mol. The highest BCUT2D eigenvalue weighted by atomic mass is 32.2. The summed E-state index contributed by atoms with van der Waals surface area (Å²) in [7, 11) is -3.44. The summed E-state index contributed by atoms with van der Waals surface area (Å²) in [5.41, 5.74) is 0.857. The van der Waals surface area contributed by atoms with Crippen molar-refractivity contribution in [1.29, 1.82) is 0 Å². The van der Waals surface area contributed by atoms with E-state index in [1.165, 1.54) is 15.6 Å². The van der Waals surface area contributed by atoms with E-state index in [-0.39, 0.29) is 10.8 Å². The Labute approximate surface area is 147 Å². The van der Waals surface area contributed by atoms with Gasteiger partial charge >= 0.3 is 0 Å². The molecular weight excluding hydrogens is 344 g/mol. The van der Waals surface area contributed by atoms with Gasteiger partial charge in [0, 0.05) is 24.5 Å². The highest BCUT2D eigenvalue weighted by Crippen LogP contribution is 2.17. The largest absolute Gasteiger partial charge is 0.347 e. The molecule has 2 aromatic rings. The van der Waals surface area contributed by atoms with E-state index in [0.29, 0.717) is 24.5 Å². The average Bonchev–Trinajstić information content (AvgIpc) is 3.00. The third-order valence-electron chi connectivity index (χ3n) is 3.68. The Morgan fingerprint density at radius 1 is 1.08 bits per heavy atom. The Bertz CT molecular complexity index is 791. The number of benzene rings is 1. The van der Waals surface area contributed by atoms with Crippen LogP contribution in [-0.4, -0.2) is 31.7 Å². The van der Waals surface area contributed by atoms with Crippen molar-refractivity contribution >= 4 is 27.3 Å². The molecule has 0 bridgehead atoms. The molecule has 130 valence electrons. The molecule has 1 N–H and O–H groups in total. The highest BCUT2D eigenvalue weighted by molar-refractivity contribution is 7.89. The first-order valence-corrected chi connectivity index (χ1v) is 10.1. The van der Waals surface area contributed by atoms with Crippen molar-refractivity contribution in [2.24, 2.45) is 0 Å². The molecule has 0 aliphatic rings. The van der Waals surface area contributed by atoms with Gasteiger partial charge in [-0.05, 0) is 36.8 Å². The molecule has 5 nitrogen and oxygen atoms in total. The molecule has 0 fully saturated rings. The van der Waals surface area contributed by atoms with Crippen LogP contribution in [0.25, 0.3) is 0 Å². The Hall–Kier alpha value is -1.70. The summed E-state index contributed by atoms with van der Waals surface area (Å²) in [5, 5.41) is 2.84. The Kier molecular flexibility index (Phi) is 6.15. The molecule has 2 rings (SSSR count). The molecule has 1 heterocycles. The standard InChI is InChI=1S/C17H22N2O3S2/c1-4-19(5-2)24(21,22)15-9-7-14(8-10-15)12-18-17(20)16-11-6-13(3)23-16/h6-11H,4-5,12H2,1-3H3,(H,18,20). The van der Waals surface area contributed by atoms with Crippen LogP contribution in [-0.2, 0) is 16.6 Å². The van der Waals surface area contributed by atoms with Crippen LogP contribution in [0.3, 0.4) is 0 Å². The first kappa shape index (κ1) is 18.6. The normalized spacial score (nSPS) is 11.7. The van der Waals surface area contributed by atoms with Crippen LogP contribution in [0.4, 0.5) is 0 Å². The fourth-order valence-electron chi connectivity index (χ4n) is 2.32. The van der Waals surface area contributed by atoms with Crippen molar-refractivity contribution < 1.29 is 13.2 Å². The van der Waals surface area contributed by atoms with Crippen LogP contribution >= 0.6 is 11.3 Å². The number of hydrogen-bond acceptors (Lipinski definition) is 4. The van der Waals surface area contributed by atoms with Crippen molar-refractivity contribution in [3.63, 3.8) is 0 Å². The zero-order chi connectivity index (χ0) is 17.7. The summed E-state index contributed by atoms with van der Waals surface area (Å²) in [5.74, 6) is -0.118. The van der Waals surface area contributed by atoms with E-state index in [4.69, 9.17) is 0 Å². The maximum absolute atomic E-state index is 12.4. The molecule has 1 aromatic carbocycles. The van der Waals surface area contributed by atoms with E-state index >= 15 is 0 Å². The SMILES string of the molecule is CCN(CC)S(=O)(=O)c1ccc(CNC(=O)c2ccc(C)s2)cc1. The Morgan fingerprint density at radius 2 is 1.71 bits per heavy atom. The van der Waals surface area contributed by atoms with E-state index in [2.05, 4.69) is 5.32 Å². The van der Waals surface area contributed by atoms with Gasteiger partial charge in [0.05, 0.1) is 9.77 Å². The Balaban J connectivity index is 2.03. The summed E-state index contributed by atoms with van der Waals surface area (Å²) in [4.78, 5) is 14.1. The van der Waals surface area contributed by atoms with Gasteiger partial charge in [-0.25, -0.2) is 8.42 Å². The van der Waals surface area contributed by atoms with Crippen molar-refractivity contribution in [1.82, 2.24) is 9.62 Å². The van der Waals surface area contributed by atoms with Gasteiger partial charge in [-0.2, -0.15) is 4.31 Å². The number of hydrogen-bond donors (Lipinski definition) is 1. The average molecular weight is 367 g/mol.